The van der Waals surface area contributed by atoms with Crippen molar-refractivity contribution in [3.05, 3.63) is 11.9 Å². The van der Waals surface area contributed by atoms with E-state index in [4.69, 9.17) is 4.98 Å². The van der Waals surface area contributed by atoms with Gasteiger partial charge in [0.05, 0.1) is 0 Å². The van der Waals surface area contributed by atoms with Crippen molar-refractivity contribution in [1.29, 1.82) is 0 Å². The predicted molar refractivity (Wildman–Crippen MR) is 85.0 cm³/mol. The Hall–Kier alpha value is -1.36. The van der Waals surface area contributed by atoms with Crippen LogP contribution in [0.4, 0.5) is 11.6 Å². The number of hydrogen-bond donors (Lipinski definition) is 1. The van der Waals surface area contributed by atoms with Crippen molar-refractivity contribution in [2.45, 2.75) is 44.1 Å². The van der Waals surface area contributed by atoms with Crippen LogP contribution < -0.4 is 10.2 Å². The number of fused-ring (bicyclic) bond motifs is 1. The Labute approximate surface area is 126 Å². The molecule has 4 rings (SSSR count). The van der Waals surface area contributed by atoms with Crippen LogP contribution in [-0.4, -0.2) is 54.1 Å². The zero-order valence-electron chi connectivity index (χ0n) is 12.9. The SMILES string of the molecule is CNc1cc(N2CCN3CCCCC3C2)nc(C2CC2)n1. The highest BCUT2D eigenvalue weighted by atomic mass is 15.3. The van der Waals surface area contributed by atoms with Crippen LogP contribution in [0.5, 0.6) is 0 Å². The molecule has 1 aliphatic carbocycles. The summed E-state index contributed by atoms with van der Waals surface area (Å²) in [6.45, 7) is 4.70. The maximum Gasteiger partial charge on any atom is 0.136 e. The number of piperazine rings is 1. The van der Waals surface area contributed by atoms with E-state index in [-0.39, 0.29) is 0 Å². The normalized spacial score (nSPS) is 26.5. The van der Waals surface area contributed by atoms with E-state index in [1.165, 1.54) is 45.2 Å². The van der Waals surface area contributed by atoms with Gasteiger partial charge >= 0.3 is 0 Å². The summed E-state index contributed by atoms with van der Waals surface area (Å²) < 4.78 is 0. The molecule has 2 saturated heterocycles. The number of aromatic nitrogens is 2. The first kappa shape index (κ1) is 13.3. The van der Waals surface area contributed by atoms with Crippen LogP contribution in [0.1, 0.15) is 43.8 Å². The Balaban J connectivity index is 1.56. The molecule has 3 aliphatic rings. The van der Waals surface area contributed by atoms with Crippen molar-refractivity contribution in [2.24, 2.45) is 0 Å². The smallest absolute Gasteiger partial charge is 0.136 e. The first-order chi connectivity index (χ1) is 10.3. The van der Waals surface area contributed by atoms with E-state index >= 15 is 0 Å². The number of hydrogen-bond acceptors (Lipinski definition) is 5. The minimum absolute atomic E-state index is 0.605. The van der Waals surface area contributed by atoms with E-state index in [2.05, 4.69) is 26.2 Å². The molecule has 1 aromatic heterocycles. The third-order valence-corrected chi connectivity index (χ3v) is 5.09. The van der Waals surface area contributed by atoms with E-state index < -0.39 is 0 Å². The molecule has 0 bridgehead atoms. The average Bonchev–Trinajstić information content (AvgIpc) is 3.39. The number of nitrogens with zero attached hydrogens (tertiary/aromatic N) is 4. The lowest BCUT2D eigenvalue weighted by atomic mass is 9.99. The summed E-state index contributed by atoms with van der Waals surface area (Å²) in [7, 11) is 1.95. The number of rotatable bonds is 3. The lowest BCUT2D eigenvalue weighted by molar-refractivity contribution is 0.133. The van der Waals surface area contributed by atoms with Gasteiger partial charge < -0.3 is 10.2 Å². The van der Waals surface area contributed by atoms with E-state index in [1.54, 1.807) is 0 Å². The molecule has 1 atom stereocenters. The zero-order chi connectivity index (χ0) is 14.2. The number of piperidine rings is 1. The van der Waals surface area contributed by atoms with Crippen LogP contribution in [0, 0.1) is 0 Å². The molecule has 2 aliphatic heterocycles. The standard InChI is InChI=1S/C16H25N5/c1-17-14-10-15(19-16(18-14)12-5-6-12)21-9-8-20-7-3-2-4-13(20)11-21/h10,12-13H,2-9,11H2,1H3,(H,17,18,19). The van der Waals surface area contributed by atoms with Gasteiger partial charge in [-0.1, -0.05) is 6.42 Å². The van der Waals surface area contributed by atoms with Gasteiger partial charge in [0.15, 0.2) is 0 Å². The highest BCUT2D eigenvalue weighted by Crippen LogP contribution is 2.39. The van der Waals surface area contributed by atoms with E-state index in [0.29, 0.717) is 5.92 Å². The molecule has 21 heavy (non-hydrogen) atoms. The van der Waals surface area contributed by atoms with Crippen LogP contribution in [0.15, 0.2) is 6.07 Å². The summed E-state index contributed by atoms with van der Waals surface area (Å²) in [6.07, 6.45) is 6.61. The molecule has 3 heterocycles. The molecule has 0 aromatic carbocycles. The lowest BCUT2D eigenvalue weighted by Gasteiger charge is -2.44. The second-order valence-corrected chi connectivity index (χ2v) is 6.63. The Morgan fingerprint density at radius 1 is 1.10 bits per heavy atom. The maximum atomic E-state index is 4.86. The second-order valence-electron chi connectivity index (χ2n) is 6.63. The van der Waals surface area contributed by atoms with Crippen LogP contribution >= 0.6 is 0 Å². The summed E-state index contributed by atoms with van der Waals surface area (Å²) in [5.74, 6) is 3.74. The van der Waals surface area contributed by atoms with Crippen molar-refractivity contribution >= 4 is 11.6 Å². The largest absolute Gasteiger partial charge is 0.373 e. The monoisotopic (exact) mass is 287 g/mol. The van der Waals surface area contributed by atoms with E-state index in [0.717, 1.165) is 36.6 Å². The molecule has 5 heteroatoms. The first-order valence-corrected chi connectivity index (χ1v) is 8.39. The molecule has 5 nitrogen and oxygen atoms in total. The molecule has 1 unspecified atom stereocenters. The summed E-state index contributed by atoms with van der Waals surface area (Å²) >= 11 is 0. The molecule has 1 saturated carbocycles. The zero-order valence-corrected chi connectivity index (χ0v) is 12.9. The molecule has 114 valence electrons. The third kappa shape index (κ3) is 2.71. The molecule has 3 fully saturated rings. The molecule has 0 spiro atoms. The van der Waals surface area contributed by atoms with Crippen molar-refractivity contribution < 1.29 is 0 Å². The van der Waals surface area contributed by atoms with Gasteiger partial charge in [0.25, 0.3) is 0 Å². The Kier molecular flexibility index (Phi) is 3.45. The highest BCUT2D eigenvalue weighted by molar-refractivity contribution is 5.50. The topological polar surface area (TPSA) is 44.3 Å². The fraction of sp³-hybridized carbons (Fsp3) is 0.750. The van der Waals surface area contributed by atoms with E-state index in [9.17, 15) is 0 Å². The molecule has 1 N–H and O–H groups in total. The number of nitrogens with one attached hydrogen (secondary N) is 1. The molecule has 1 aromatic rings. The summed E-state index contributed by atoms with van der Waals surface area (Å²) in [6, 6.07) is 2.84. The van der Waals surface area contributed by atoms with Gasteiger partial charge in [-0.25, -0.2) is 9.97 Å². The molecule has 0 radical (unpaired) electrons. The summed E-state index contributed by atoms with van der Waals surface area (Å²) in [5.41, 5.74) is 0. The van der Waals surface area contributed by atoms with Gasteiger partial charge in [-0.15, -0.1) is 0 Å². The summed E-state index contributed by atoms with van der Waals surface area (Å²) in [4.78, 5) is 14.6. The number of anilines is 2. The second kappa shape index (κ2) is 5.44. The van der Waals surface area contributed by atoms with Crippen molar-refractivity contribution in [2.75, 3.05) is 43.4 Å². The minimum atomic E-state index is 0.605. The van der Waals surface area contributed by atoms with Gasteiger partial charge in [0.2, 0.25) is 0 Å². The Morgan fingerprint density at radius 2 is 2.00 bits per heavy atom. The fourth-order valence-electron chi connectivity index (χ4n) is 3.63. The third-order valence-electron chi connectivity index (χ3n) is 5.09. The van der Waals surface area contributed by atoms with Crippen LogP contribution in [0.2, 0.25) is 0 Å². The maximum absolute atomic E-state index is 4.86. The van der Waals surface area contributed by atoms with E-state index in [1.807, 2.05) is 7.05 Å². The molecular weight excluding hydrogens is 262 g/mol. The van der Waals surface area contributed by atoms with Crippen LogP contribution in [-0.2, 0) is 0 Å². The van der Waals surface area contributed by atoms with Gasteiger partial charge in [0.1, 0.15) is 17.5 Å². The fourth-order valence-corrected chi connectivity index (χ4v) is 3.63. The van der Waals surface area contributed by atoms with Gasteiger partial charge in [0, 0.05) is 44.7 Å². The lowest BCUT2D eigenvalue weighted by Crippen LogP contribution is -2.55. The first-order valence-electron chi connectivity index (χ1n) is 8.39. The van der Waals surface area contributed by atoms with Crippen LogP contribution in [0.3, 0.4) is 0 Å². The van der Waals surface area contributed by atoms with Gasteiger partial charge in [-0.3, -0.25) is 4.90 Å². The average molecular weight is 287 g/mol. The quantitative estimate of drug-likeness (QED) is 0.922. The highest BCUT2D eigenvalue weighted by Gasteiger charge is 2.31. The van der Waals surface area contributed by atoms with Crippen molar-refractivity contribution in [1.82, 2.24) is 14.9 Å². The Morgan fingerprint density at radius 3 is 2.81 bits per heavy atom. The Bertz CT molecular complexity index is 513. The van der Waals surface area contributed by atoms with Crippen molar-refractivity contribution in [3.8, 4) is 0 Å². The van der Waals surface area contributed by atoms with Crippen LogP contribution in [0.25, 0.3) is 0 Å². The predicted octanol–water partition coefficient (Wildman–Crippen LogP) is 2.07. The van der Waals surface area contributed by atoms with Gasteiger partial charge in [-0.2, -0.15) is 0 Å². The van der Waals surface area contributed by atoms with Gasteiger partial charge in [-0.05, 0) is 32.2 Å². The molecular formula is C16H25N5. The summed E-state index contributed by atoms with van der Waals surface area (Å²) in [5, 5.41) is 3.20. The van der Waals surface area contributed by atoms with Crippen molar-refractivity contribution in [3.63, 3.8) is 0 Å². The minimum Gasteiger partial charge on any atom is -0.373 e. The molecule has 0 amide bonds.